The predicted molar refractivity (Wildman–Crippen MR) is 99.6 cm³/mol. The number of piperazine rings is 1. The molecule has 3 nitrogen and oxygen atoms in total. The largest absolute Gasteiger partial charge is 0.457 e. The van der Waals surface area contributed by atoms with Gasteiger partial charge < -0.3 is 10.1 Å². The van der Waals surface area contributed by atoms with E-state index in [0.29, 0.717) is 6.04 Å². The van der Waals surface area contributed by atoms with Crippen molar-refractivity contribution in [2.45, 2.75) is 18.9 Å². The van der Waals surface area contributed by atoms with Crippen molar-refractivity contribution in [3.05, 3.63) is 72.8 Å². The Labute approximate surface area is 145 Å². The molecule has 3 heteroatoms. The molecule has 1 saturated heterocycles. The molecule has 1 N–H and O–H groups in total. The van der Waals surface area contributed by atoms with E-state index in [-0.39, 0.29) is 0 Å². The molecule has 1 aliphatic rings. The van der Waals surface area contributed by atoms with E-state index in [1.54, 1.807) is 0 Å². The minimum absolute atomic E-state index is 0.455. The summed E-state index contributed by atoms with van der Waals surface area (Å²) in [6.45, 7) is 8.22. The summed E-state index contributed by atoms with van der Waals surface area (Å²) in [4.78, 5) is 2.58. The zero-order valence-electron chi connectivity index (χ0n) is 14.2. The Morgan fingerprint density at radius 1 is 1.00 bits per heavy atom. The molecule has 1 heterocycles. The maximum Gasteiger partial charge on any atom is 0.127 e. The number of hydrogen-bond acceptors (Lipinski definition) is 3. The highest BCUT2D eigenvalue weighted by Gasteiger charge is 2.21. The van der Waals surface area contributed by atoms with E-state index < -0.39 is 0 Å². The monoisotopic (exact) mass is 322 g/mol. The SMILES string of the molecule is C=CCC[C@@H](c1ccc(Oc2ccccc2)cc1)N1CCNCC1. The molecule has 0 saturated carbocycles. The van der Waals surface area contributed by atoms with Crippen LogP contribution in [0.25, 0.3) is 0 Å². The van der Waals surface area contributed by atoms with Crippen LogP contribution in [0.4, 0.5) is 0 Å². The molecule has 0 spiro atoms. The molecule has 24 heavy (non-hydrogen) atoms. The van der Waals surface area contributed by atoms with Gasteiger partial charge in [0.25, 0.3) is 0 Å². The molecule has 2 aromatic rings. The summed E-state index contributed by atoms with van der Waals surface area (Å²) in [6, 6.07) is 18.9. The zero-order chi connectivity index (χ0) is 16.6. The maximum absolute atomic E-state index is 5.90. The molecule has 1 fully saturated rings. The second kappa shape index (κ2) is 8.67. The highest BCUT2D eigenvalue weighted by Crippen LogP contribution is 2.29. The Bertz CT molecular complexity index is 618. The Balaban J connectivity index is 1.71. The van der Waals surface area contributed by atoms with Crippen molar-refractivity contribution in [1.29, 1.82) is 0 Å². The highest BCUT2D eigenvalue weighted by atomic mass is 16.5. The molecule has 2 aromatic carbocycles. The van der Waals surface area contributed by atoms with Gasteiger partial charge in [0.05, 0.1) is 0 Å². The van der Waals surface area contributed by atoms with Gasteiger partial charge in [-0.2, -0.15) is 0 Å². The number of para-hydroxylation sites is 1. The van der Waals surface area contributed by atoms with Crippen LogP contribution in [0.3, 0.4) is 0 Å². The third kappa shape index (κ3) is 4.47. The standard InChI is InChI=1S/C21H26N2O/c1-2-3-9-21(23-16-14-22-15-17-23)18-10-12-20(13-11-18)24-19-7-5-4-6-8-19/h2,4-8,10-13,21-22H,1,3,9,14-17H2/t21-/m0/s1. The first-order valence-corrected chi connectivity index (χ1v) is 8.75. The van der Waals surface area contributed by atoms with Crippen LogP contribution in [0.1, 0.15) is 24.4 Å². The molecule has 0 amide bonds. The molecule has 0 aromatic heterocycles. The minimum atomic E-state index is 0.455. The van der Waals surface area contributed by atoms with Gasteiger partial charge in [0.1, 0.15) is 11.5 Å². The lowest BCUT2D eigenvalue weighted by Gasteiger charge is -2.35. The van der Waals surface area contributed by atoms with Gasteiger partial charge in [-0.25, -0.2) is 0 Å². The van der Waals surface area contributed by atoms with Gasteiger partial charge in [0, 0.05) is 32.2 Å². The summed E-state index contributed by atoms with van der Waals surface area (Å²) in [5.74, 6) is 1.75. The van der Waals surface area contributed by atoms with Crippen molar-refractivity contribution < 1.29 is 4.74 Å². The average molecular weight is 322 g/mol. The number of benzene rings is 2. The highest BCUT2D eigenvalue weighted by molar-refractivity contribution is 5.34. The molecule has 126 valence electrons. The summed E-state index contributed by atoms with van der Waals surface area (Å²) < 4.78 is 5.90. The Kier molecular flexibility index (Phi) is 6.05. The number of nitrogens with one attached hydrogen (secondary N) is 1. The third-order valence-electron chi connectivity index (χ3n) is 4.48. The molecule has 0 aliphatic carbocycles. The van der Waals surface area contributed by atoms with E-state index in [0.717, 1.165) is 50.5 Å². The fourth-order valence-electron chi connectivity index (χ4n) is 3.21. The van der Waals surface area contributed by atoms with E-state index in [1.807, 2.05) is 36.4 Å². The van der Waals surface area contributed by atoms with Gasteiger partial charge in [0.15, 0.2) is 0 Å². The van der Waals surface area contributed by atoms with Crippen LogP contribution >= 0.6 is 0 Å². The molecular weight excluding hydrogens is 296 g/mol. The third-order valence-corrected chi connectivity index (χ3v) is 4.48. The number of rotatable bonds is 7. The fraction of sp³-hybridized carbons (Fsp3) is 0.333. The van der Waals surface area contributed by atoms with Gasteiger partial charge in [-0.3, -0.25) is 4.90 Å². The lowest BCUT2D eigenvalue weighted by Crippen LogP contribution is -2.45. The van der Waals surface area contributed by atoms with Crippen molar-refractivity contribution >= 4 is 0 Å². The summed E-state index contributed by atoms with van der Waals surface area (Å²) in [6.07, 6.45) is 4.17. The number of ether oxygens (including phenoxy) is 1. The minimum Gasteiger partial charge on any atom is -0.457 e. The van der Waals surface area contributed by atoms with E-state index in [2.05, 4.69) is 41.1 Å². The zero-order valence-corrected chi connectivity index (χ0v) is 14.2. The molecule has 3 rings (SSSR count). The summed E-state index contributed by atoms with van der Waals surface area (Å²) in [5.41, 5.74) is 1.36. The fourth-order valence-corrected chi connectivity index (χ4v) is 3.21. The smallest absolute Gasteiger partial charge is 0.127 e. The molecular formula is C21H26N2O. The second-order valence-corrected chi connectivity index (χ2v) is 6.15. The molecule has 0 unspecified atom stereocenters. The van der Waals surface area contributed by atoms with Crippen LogP contribution in [0.15, 0.2) is 67.3 Å². The van der Waals surface area contributed by atoms with Crippen LogP contribution < -0.4 is 10.1 Å². The van der Waals surface area contributed by atoms with E-state index >= 15 is 0 Å². The number of hydrogen-bond donors (Lipinski definition) is 1. The number of allylic oxidation sites excluding steroid dienone is 1. The van der Waals surface area contributed by atoms with Gasteiger partial charge in [0.2, 0.25) is 0 Å². The lowest BCUT2D eigenvalue weighted by atomic mass is 9.99. The Morgan fingerprint density at radius 2 is 1.67 bits per heavy atom. The van der Waals surface area contributed by atoms with Crippen molar-refractivity contribution in [2.24, 2.45) is 0 Å². The molecule has 1 aliphatic heterocycles. The lowest BCUT2D eigenvalue weighted by molar-refractivity contribution is 0.166. The van der Waals surface area contributed by atoms with Crippen LogP contribution in [-0.4, -0.2) is 31.1 Å². The predicted octanol–water partition coefficient (Wildman–Crippen LogP) is 4.39. The van der Waals surface area contributed by atoms with Crippen molar-refractivity contribution in [3.63, 3.8) is 0 Å². The average Bonchev–Trinajstić information content (AvgIpc) is 2.65. The van der Waals surface area contributed by atoms with E-state index in [9.17, 15) is 0 Å². The normalized spacial score (nSPS) is 16.5. The molecule has 0 radical (unpaired) electrons. The molecule has 1 atom stereocenters. The van der Waals surface area contributed by atoms with Gasteiger partial charge in [-0.1, -0.05) is 36.4 Å². The van der Waals surface area contributed by atoms with Crippen LogP contribution in [-0.2, 0) is 0 Å². The van der Waals surface area contributed by atoms with E-state index in [1.165, 1.54) is 5.56 Å². The van der Waals surface area contributed by atoms with Crippen LogP contribution in [0.5, 0.6) is 11.5 Å². The van der Waals surface area contributed by atoms with Crippen molar-refractivity contribution in [3.8, 4) is 11.5 Å². The maximum atomic E-state index is 5.90. The van der Waals surface area contributed by atoms with Crippen LogP contribution in [0.2, 0.25) is 0 Å². The first-order chi connectivity index (χ1) is 11.9. The second-order valence-electron chi connectivity index (χ2n) is 6.15. The number of nitrogens with zero attached hydrogens (tertiary/aromatic N) is 1. The van der Waals surface area contributed by atoms with Gasteiger partial charge in [-0.15, -0.1) is 6.58 Å². The first kappa shape index (κ1) is 16.7. The van der Waals surface area contributed by atoms with E-state index in [4.69, 9.17) is 4.74 Å². The topological polar surface area (TPSA) is 24.5 Å². The summed E-state index contributed by atoms with van der Waals surface area (Å²) in [5, 5.41) is 3.43. The van der Waals surface area contributed by atoms with Gasteiger partial charge in [-0.05, 0) is 42.7 Å². The van der Waals surface area contributed by atoms with Gasteiger partial charge >= 0.3 is 0 Å². The Hall–Kier alpha value is -2.10. The Morgan fingerprint density at radius 3 is 2.33 bits per heavy atom. The molecule has 0 bridgehead atoms. The first-order valence-electron chi connectivity index (χ1n) is 8.75. The van der Waals surface area contributed by atoms with Crippen LogP contribution in [0, 0.1) is 0 Å². The summed E-state index contributed by atoms with van der Waals surface area (Å²) in [7, 11) is 0. The summed E-state index contributed by atoms with van der Waals surface area (Å²) >= 11 is 0. The quantitative estimate of drug-likeness (QED) is 0.765. The van der Waals surface area contributed by atoms with Crippen molar-refractivity contribution in [2.75, 3.05) is 26.2 Å². The van der Waals surface area contributed by atoms with Crippen molar-refractivity contribution in [1.82, 2.24) is 10.2 Å².